The molecular formula is C20H23N5O2. The fourth-order valence-electron chi connectivity index (χ4n) is 3.04. The van der Waals surface area contributed by atoms with E-state index in [4.69, 9.17) is 11.1 Å². The van der Waals surface area contributed by atoms with Crippen LogP contribution < -0.4 is 16.4 Å². The van der Waals surface area contributed by atoms with Gasteiger partial charge in [-0.05, 0) is 29.7 Å². The molecule has 0 aromatic heterocycles. The van der Waals surface area contributed by atoms with Crippen LogP contribution in [0.25, 0.3) is 0 Å². The van der Waals surface area contributed by atoms with Gasteiger partial charge in [0.1, 0.15) is 5.84 Å². The second kappa shape index (κ2) is 8.35. The van der Waals surface area contributed by atoms with Crippen molar-refractivity contribution in [2.24, 2.45) is 5.73 Å². The van der Waals surface area contributed by atoms with Gasteiger partial charge in [0.05, 0.1) is 13.1 Å². The molecule has 0 saturated carbocycles. The molecule has 1 aliphatic heterocycles. The standard InChI is InChI=1S/C20H23N5O2/c21-20(22)15-6-3-7-17(10-15)23-11-18(26)24-12-19(27)25-9-8-14-4-1-2-5-16(14)13-25/h1-7,10,23H,8-9,11-13H2,(H3,21,22)(H,24,26). The molecule has 1 aliphatic rings. The maximum absolute atomic E-state index is 12.4. The van der Waals surface area contributed by atoms with Gasteiger partial charge in [0.2, 0.25) is 11.8 Å². The van der Waals surface area contributed by atoms with Crippen molar-refractivity contribution in [2.45, 2.75) is 13.0 Å². The summed E-state index contributed by atoms with van der Waals surface area (Å²) in [5, 5.41) is 13.1. The molecule has 7 heteroatoms. The molecule has 2 aromatic carbocycles. The second-order valence-corrected chi connectivity index (χ2v) is 6.46. The molecule has 0 spiro atoms. The van der Waals surface area contributed by atoms with E-state index in [9.17, 15) is 9.59 Å². The van der Waals surface area contributed by atoms with Crippen molar-refractivity contribution in [1.29, 1.82) is 5.41 Å². The molecule has 2 amide bonds. The van der Waals surface area contributed by atoms with Gasteiger partial charge in [-0.25, -0.2) is 0 Å². The Kier molecular flexibility index (Phi) is 5.71. The predicted octanol–water partition coefficient (Wildman–Crippen LogP) is 1.08. The summed E-state index contributed by atoms with van der Waals surface area (Å²) in [6.07, 6.45) is 0.837. The van der Waals surface area contributed by atoms with Crippen LogP contribution in [-0.2, 0) is 22.6 Å². The highest BCUT2D eigenvalue weighted by Crippen LogP contribution is 2.18. The van der Waals surface area contributed by atoms with Crippen LogP contribution in [0.5, 0.6) is 0 Å². The molecule has 7 nitrogen and oxygen atoms in total. The van der Waals surface area contributed by atoms with Crippen LogP contribution >= 0.6 is 0 Å². The summed E-state index contributed by atoms with van der Waals surface area (Å²) >= 11 is 0. The molecule has 0 bridgehead atoms. The molecule has 0 atom stereocenters. The van der Waals surface area contributed by atoms with Crippen LogP contribution in [-0.4, -0.2) is 42.2 Å². The Morgan fingerprint density at radius 2 is 1.85 bits per heavy atom. The third kappa shape index (κ3) is 4.84. The molecule has 2 aromatic rings. The lowest BCUT2D eigenvalue weighted by Crippen LogP contribution is -2.43. The Morgan fingerprint density at radius 3 is 2.63 bits per heavy atom. The molecule has 0 saturated heterocycles. The van der Waals surface area contributed by atoms with Crippen molar-refractivity contribution >= 4 is 23.3 Å². The van der Waals surface area contributed by atoms with Crippen molar-refractivity contribution in [3.05, 3.63) is 65.2 Å². The van der Waals surface area contributed by atoms with Gasteiger partial charge in [0.25, 0.3) is 0 Å². The third-order valence-electron chi connectivity index (χ3n) is 4.55. The lowest BCUT2D eigenvalue weighted by atomic mass is 10.00. The summed E-state index contributed by atoms with van der Waals surface area (Å²) < 4.78 is 0. The number of anilines is 1. The molecule has 0 aliphatic carbocycles. The average molecular weight is 365 g/mol. The summed E-state index contributed by atoms with van der Waals surface area (Å²) in [5.41, 5.74) is 9.17. The molecule has 0 fully saturated rings. The van der Waals surface area contributed by atoms with Crippen molar-refractivity contribution in [3.63, 3.8) is 0 Å². The number of nitrogens with one attached hydrogen (secondary N) is 3. The molecule has 1 heterocycles. The Bertz CT molecular complexity index is 865. The predicted molar refractivity (Wildman–Crippen MR) is 105 cm³/mol. The Morgan fingerprint density at radius 1 is 1.07 bits per heavy atom. The van der Waals surface area contributed by atoms with E-state index in [1.54, 1.807) is 29.2 Å². The summed E-state index contributed by atoms with van der Waals surface area (Å²) in [4.78, 5) is 26.1. The van der Waals surface area contributed by atoms with Gasteiger partial charge in [0.15, 0.2) is 0 Å². The zero-order valence-electron chi connectivity index (χ0n) is 15.0. The lowest BCUT2D eigenvalue weighted by molar-refractivity contribution is -0.133. The van der Waals surface area contributed by atoms with E-state index in [0.717, 1.165) is 12.0 Å². The smallest absolute Gasteiger partial charge is 0.242 e. The van der Waals surface area contributed by atoms with E-state index >= 15 is 0 Å². The number of fused-ring (bicyclic) bond motifs is 1. The van der Waals surface area contributed by atoms with Gasteiger partial charge in [-0.15, -0.1) is 0 Å². The zero-order chi connectivity index (χ0) is 19.2. The van der Waals surface area contributed by atoms with Crippen LogP contribution in [0, 0.1) is 5.41 Å². The number of carbonyl (C=O) groups excluding carboxylic acids is 2. The SMILES string of the molecule is N=C(N)c1cccc(NCC(=O)NCC(=O)N2CCc3ccccc3C2)c1. The van der Waals surface area contributed by atoms with E-state index in [2.05, 4.69) is 16.7 Å². The molecule has 5 N–H and O–H groups in total. The molecular weight excluding hydrogens is 342 g/mol. The number of nitrogens with two attached hydrogens (primary N) is 1. The lowest BCUT2D eigenvalue weighted by Gasteiger charge is -2.29. The monoisotopic (exact) mass is 365 g/mol. The van der Waals surface area contributed by atoms with Crippen LogP contribution in [0.15, 0.2) is 48.5 Å². The molecule has 0 radical (unpaired) electrons. The first-order valence-corrected chi connectivity index (χ1v) is 8.82. The average Bonchev–Trinajstić information content (AvgIpc) is 2.70. The summed E-state index contributed by atoms with van der Waals surface area (Å²) in [5.74, 6) is -0.387. The van der Waals surface area contributed by atoms with Crippen molar-refractivity contribution in [3.8, 4) is 0 Å². The van der Waals surface area contributed by atoms with E-state index < -0.39 is 0 Å². The number of nitrogen functional groups attached to an aromatic ring is 1. The maximum Gasteiger partial charge on any atom is 0.242 e. The van der Waals surface area contributed by atoms with Gasteiger partial charge in [-0.3, -0.25) is 15.0 Å². The van der Waals surface area contributed by atoms with Crippen LogP contribution in [0.4, 0.5) is 5.69 Å². The number of nitrogens with zero attached hydrogens (tertiary/aromatic N) is 1. The fourth-order valence-corrected chi connectivity index (χ4v) is 3.04. The second-order valence-electron chi connectivity index (χ2n) is 6.46. The first-order valence-electron chi connectivity index (χ1n) is 8.82. The van der Waals surface area contributed by atoms with Crippen LogP contribution in [0.3, 0.4) is 0 Å². The molecule has 3 rings (SSSR count). The number of carbonyl (C=O) groups is 2. The largest absolute Gasteiger partial charge is 0.384 e. The third-order valence-corrected chi connectivity index (χ3v) is 4.55. The normalized spacial score (nSPS) is 12.8. The molecule has 27 heavy (non-hydrogen) atoms. The molecule has 0 unspecified atom stereocenters. The van der Waals surface area contributed by atoms with Gasteiger partial charge in [0, 0.05) is 24.3 Å². The Labute approximate surface area is 158 Å². The topological polar surface area (TPSA) is 111 Å². The number of amides is 2. The number of hydrogen-bond acceptors (Lipinski definition) is 4. The number of amidine groups is 1. The van der Waals surface area contributed by atoms with Crippen molar-refractivity contribution in [1.82, 2.24) is 10.2 Å². The summed E-state index contributed by atoms with van der Waals surface area (Å²) in [7, 11) is 0. The highest BCUT2D eigenvalue weighted by Gasteiger charge is 2.20. The van der Waals surface area contributed by atoms with Gasteiger partial charge < -0.3 is 21.3 Å². The quantitative estimate of drug-likeness (QED) is 0.453. The Balaban J connectivity index is 1.45. The number of hydrogen-bond donors (Lipinski definition) is 4. The minimum absolute atomic E-state index is 0.0177. The molecule has 140 valence electrons. The first kappa shape index (κ1) is 18.4. The highest BCUT2D eigenvalue weighted by atomic mass is 16.2. The minimum atomic E-state index is -0.269. The minimum Gasteiger partial charge on any atom is -0.384 e. The van der Waals surface area contributed by atoms with Crippen LogP contribution in [0.2, 0.25) is 0 Å². The number of rotatable bonds is 6. The van der Waals surface area contributed by atoms with Crippen molar-refractivity contribution < 1.29 is 9.59 Å². The van der Waals surface area contributed by atoms with E-state index in [1.165, 1.54) is 5.56 Å². The zero-order valence-corrected chi connectivity index (χ0v) is 15.0. The van der Waals surface area contributed by atoms with E-state index in [-0.39, 0.29) is 30.7 Å². The Hall–Kier alpha value is -3.35. The number of benzene rings is 2. The van der Waals surface area contributed by atoms with Gasteiger partial charge in [-0.1, -0.05) is 36.4 Å². The van der Waals surface area contributed by atoms with Gasteiger partial charge >= 0.3 is 0 Å². The summed E-state index contributed by atoms with van der Waals surface area (Å²) in [6.45, 7) is 1.27. The summed E-state index contributed by atoms with van der Waals surface area (Å²) in [6, 6.07) is 15.1. The van der Waals surface area contributed by atoms with E-state index in [0.29, 0.717) is 24.3 Å². The first-order chi connectivity index (χ1) is 13.0. The van der Waals surface area contributed by atoms with Gasteiger partial charge in [-0.2, -0.15) is 0 Å². The van der Waals surface area contributed by atoms with E-state index in [1.807, 2.05) is 18.2 Å². The van der Waals surface area contributed by atoms with Crippen LogP contribution in [0.1, 0.15) is 16.7 Å². The highest BCUT2D eigenvalue weighted by molar-refractivity contribution is 5.96. The van der Waals surface area contributed by atoms with Crippen molar-refractivity contribution in [2.75, 3.05) is 25.0 Å². The maximum atomic E-state index is 12.4. The fraction of sp³-hybridized carbons (Fsp3) is 0.250.